The van der Waals surface area contributed by atoms with E-state index in [9.17, 15) is 53.1 Å². The van der Waals surface area contributed by atoms with Crippen molar-refractivity contribution in [1.82, 2.24) is 56.8 Å². The van der Waals surface area contributed by atoms with E-state index in [1.807, 2.05) is 13.8 Å². The van der Waals surface area contributed by atoms with Crippen LogP contribution in [0, 0.1) is 11.8 Å². The van der Waals surface area contributed by atoms with Crippen molar-refractivity contribution < 1.29 is 57.8 Å². The second kappa shape index (κ2) is 35.5. The van der Waals surface area contributed by atoms with Gasteiger partial charge in [-0.3, -0.25) is 52.7 Å². The summed E-state index contributed by atoms with van der Waals surface area (Å²) in [5.74, 6) is -9.78. The fourth-order valence-corrected chi connectivity index (χ4v) is 10.7. The predicted octanol–water partition coefficient (Wildman–Crippen LogP) is 1.36. The number of aliphatic hydroxyl groups is 1. The number of amides is 11. The molecule has 90 heavy (non-hydrogen) atoms. The summed E-state index contributed by atoms with van der Waals surface area (Å²) in [5.41, 5.74) is 2.59. The molecule has 4 aromatic rings. The molecule has 486 valence electrons. The second-order valence-electron chi connectivity index (χ2n) is 23.3. The van der Waals surface area contributed by atoms with Gasteiger partial charge in [0, 0.05) is 66.8 Å². The van der Waals surface area contributed by atoms with Crippen LogP contribution >= 0.6 is 12.6 Å². The molecule has 0 spiro atoms. The van der Waals surface area contributed by atoms with Gasteiger partial charge in [-0.1, -0.05) is 135 Å². The van der Waals surface area contributed by atoms with Crippen molar-refractivity contribution in [1.29, 1.82) is 0 Å². The summed E-state index contributed by atoms with van der Waals surface area (Å²) >= 11 is 4.37. The number of aliphatic hydroxyl groups excluding tert-OH is 1. The number of hydrogen-bond acceptors (Lipinski definition) is 13. The fourth-order valence-electron chi connectivity index (χ4n) is 10.4. The van der Waals surface area contributed by atoms with Crippen molar-refractivity contribution in [3.8, 4) is 0 Å². The molecule has 4 aromatic carbocycles. The first kappa shape index (κ1) is 72.1. The van der Waals surface area contributed by atoms with Crippen molar-refractivity contribution in [2.24, 2.45) is 11.8 Å². The quantitative estimate of drug-likeness (QED) is 0.0763. The molecule has 5 rings (SSSR count). The van der Waals surface area contributed by atoms with Crippen LogP contribution in [-0.2, 0) is 78.4 Å². The van der Waals surface area contributed by atoms with Crippen LogP contribution in [0.1, 0.15) is 75.6 Å². The number of nitrogens with one attached hydrogen (secondary N) is 7. The van der Waals surface area contributed by atoms with E-state index in [0.29, 0.717) is 22.3 Å². The highest BCUT2D eigenvalue weighted by molar-refractivity contribution is 7.80. The van der Waals surface area contributed by atoms with Crippen LogP contribution in [0.15, 0.2) is 121 Å². The Kier molecular flexibility index (Phi) is 28.5. The lowest BCUT2D eigenvalue weighted by Gasteiger charge is -2.34. The van der Waals surface area contributed by atoms with Gasteiger partial charge in [0.1, 0.15) is 54.4 Å². The van der Waals surface area contributed by atoms with E-state index >= 15 is 4.79 Å². The molecule has 1 saturated heterocycles. The maximum Gasteiger partial charge on any atom is 0.249 e. The molecule has 1 aliphatic rings. The zero-order chi connectivity index (χ0) is 66.2. The molecule has 0 bridgehead atoms. The Morgan fingerprint density at radius 3 is 1.60 bits per heavy atom. The zero-order valence-corrected chi connectivity index (χ0v) is 53.7. The normalized spacial score (nSPS) is 23.1. The smallest absolute Gasteiger partial charge is 0.249 e. The van der Waals surface area contributed by atoms with E-state index in [-0.39, 0.29) is 69.6 Å². The molecule has 23 nitrogen and oxygen atoms in total. The lowest BCUT2D eigenvalue weighted by atomic mass is 9.91. The van der Waals surface area contributed by atoms with Crippen molar-refractivity contribution in [3.63, 3.8) is 0 Å². The van der Waals surface area contributed by atoms with E-state index < -0.39 is 132 Å². The summed E-state index contributed by atoms with van der Waals surface area (Å²) in [7, 11) is 6.85. The van der Waals surface area contributed by atoms with Crippen LogP contribution in [0.4, 0.5) is 0 Å². The number of rotatable bonds is 15. The van der Waals surface area contributed by atoms with Gasteiger partial charge in [0.25, 0.3) is 0 Å². The zero-order valence-electron chi connectivity index (χ0n) is 52.9. The molecule has 0 aromatic heterocycles. The minimum atomic E-state index is -1.85. The van der Waals surface area contributed by atoms with E-state index in [4.69, 9.17) is 0 Å². The Morgan fingerprint density at radius 1 is 0.567 bits per heavy atom. The molecule has 1 unspecified atom stereocenters. The molecule has 0 radical (unpaired) electrons. The van der Waals surface area contributed by atoms with Crippen molar-refractivity contribution >= 4 is 77.6 Å². The number of thiol groups is 1. The number of benzene rings is 4. The molecule has 0 saturated carbocycles. The highest BCUT2D eigenvalue weighted by Crippen LogP contribution is 2.20. The van der Waals surface area contributed by atoms with Crippen LogP contribution in [0.25, 0.3) is 0 Å². The summed E-state index contributed by atoms with van der Waals surface area (Å²) in [6.45, 7) is 5.99. The van der Waals surface area contributed by atoms with Crippen LogP contribution in [0.5, 0.6) is 0 Å². The van der Waals surface area contributed by atoms with Gasteiger partial charge >= 0.3 is 0 Å². The van der Waals surface area contributed by atoms with Gasteiger partial charge in [-0.15, -0.1) is 0 Å². The van der Waals surface area contributed by atoms with Gasteiger partial charge in [0.2, 0.25) is 65.0 Å². The summed E-state index contributed by atoms with van der Waals surface area (Å²) in [6, 6.07) is 25.0. The molecule has 0 aliphatic carbocycles. The number of carbonyl (C=O) groups excluding carboxylic acids is 11. The standard InChI is InChI=1S/C66H89N11O12S/c1-41(2)34-53-62(85)72-51(37-46-28-18-12-19-29-46)65(88)74(6)39-55(78)76(8)54(38-47-30-20-13-21-31-47)61(84)69-42(3)64(87)75(7)43(4)57(80)71-50(36-45-26-16-11-17-27-45)60(83)73-52(40-90)59(82)68-33-23-22-32-49(66(89)77(53)9)70-58(81)48(56(79)63(86)67-5)35-44-24-14-10-15-25-44/h10-21,24-31,41-43,48-54,56,79,90H,22-23,32-40H2,1-9H3,(H,67,86)(H,68,82)(H,69,84)(H,70,81)(H,71,80)(H,72,85)(H,73,83)/t42-,43-,48-,49-,50-,51-,52-,53-,54-,56?/m0/s1. The predicted molar refractivity (Wildman–Crippen MR) is 343 cm³/mol. The molecule has 1 aliphatic heterocycles. The number of nitrogens with zero attached hydrogens (tertiary/aromatic N) is 4. The molecule has 11 amide bonds. The summed E-state index contributed by atoms with van der Waals surface area (Å²) in [6.07, 6.45) is -1.64. The van der Waals surface area contributed by atoms with E-state index in [1.54, 1.807) is 121 Å². The number of hydrogen-bond donors (Lipinski definition) is 9. The van der Waals surface area contributed by atoms with Crippen molar-refractivity contribution in [2.75, 3.05) is 54.1 Å². The van der Waals surface area contributed by atoms with Crippen molar-refractivity contribution in [3.05, 3.63) is 144 Å². The molecular formula is C66H89N11O12S. The number of likely N-dealkylation sites (N-methyl/N-ethyl adjacent to an activating group) is 5. The topological polar surface area (TPSA) is 305 Å². The Bertz CT molecular complexity index is 3070. The monoisotopic (exact) mass is 1260 g/mol. The number of carbonyl (C=O) groups is 11. The molecule has 1 fully saturated rings. The Morgan fingerprint density at radius 2 is 1.07 bits per heavy atom. The first-order valence-electron chi connectivity index (χ1n) is 30.3. The lowest BCUT2D eigenvalue weighted by Crippen LogP contribution is -2.59. The van der Waals surface area contributed by atoms with Gasteiger partial charge in [0.15, 0.2) is 0 Å². The highest BCUT2D eigenvalue weighted by Gasteiger charge is 2.40. The Hall–Kier alpha value is -8.64. The third-order valence-corrected chi connectivity index (χ3v) is 16.4. The summed E-state index contributed by atoms with van der Waals surface area (Å²) in [4.78, 5) is 162. The molecule has 10 atom stereocenters. The minimum absolute atomic E-state index is 0.00978. The molecular weight excluding hydrogens is 1170 g/mol. The van der Waals surface area contributed by atoms with Gasteiger partial charge in [-0.05, 0) is 74.1 Å². The average Bonchev–Trinajstić information content (AvgIpc) is 3.57. The largest absolute Gasteiger partial charge is 0.382 e. The average molecular weight is 1260 g/mol. The van der Waals surface area contributed by atoms with E-state index in [2.05, 4.69) is 49.8 Å². The Labute approximate surface area is 533 Å². The van der Waals surface area contributed by atoms with Gasteiger partial charge < -0.3 is 61.9 Å². The van der Waals surface area contributed by atoms with Crippen LogP contribution in [-0.4, -0.2) is 198 Å². The van der Waals surface area contributed by atoms with E-state index in [1.165, 1.54) is 58.9 Å². The fraction of sp³-hybridized carbons (Fsp3) is 0.470. The maximum absolute atomic E-state index is 15.1. The third-order valence-electron chi connectivity index (χ3n) is 16.0. The third kappa shape index (κ3) is 21.3. The van der Waals surface area contributed by atoms with E-state index in [0.717, 1.165) is 9.80 Å². The van der Waals surface area contributed by atoms with Gasteiger partial charge in [-0.2, -0.15) is 12.6 Å². The summed E-state index contributed by atoms with van der Waals surface area (Å²) < 4.78 is 0. The minimum Gasteiger partial charge on any atom is -0.382 e. The van der Waals surface area contributed by atoms with Crippen LogP contribution in [0.3, 0.4) is 0 Å². The molecule has 24 heteroatoms. The van der Waals surface area contributed by atoms with Gasteiger partial charge in [-0.25, -0.2) is 0 Å². The first-order chi connectivity index (χ1) is 42.8. The van der Waals surface area contributed by atoms with Crippen LogP contribution < -0.4 is 37.2 Å². The molecule has 1 heterocycles. The van der Waals surface area contributed by atoms with Gasteiger partial charge in [0.05, 0.1) is 12.5 Å². The lowest BCUT2D eigenvalue weighted by molar-refractivity contribution is -0.146. The highest BCUT2D eigenvalue weighted by atomic mass is 32.1. The first-order valence-corrected chi connectivity index (χ1v) is 31.0. The van der Waals surface area contributed by atoms with Crippen molar-refractivity contribution in [2.45, 2.75) is 134 Å². The van der Waals surface area contributed by atoms with Crippen LogP contribution in [0.2, 0.25) is 0 Å². The summed E-state index contributed by atoms with van der Waals surface area (Å²) in [5, 5.41) is 30.3. The SMILES string of the molecule is CNC(=O)C(O)[C@H](Cc1ccccc1)C(=O)N[C@H]1CCCCNC(=O)[C@H](CS)NC(=O)[C@H](Cc2ccccc2)NC(=O)[C@H](C)N(C)C(=O)[C@H](C)NC(=O)[C@H](Cc2ccccc2)N(C)C(=O)CN(C)C(=O)[C@H](Cc2ccccc2)NC(=O)[C@H](CC(C)C)N(C)C1=O. The maximum atomic E-state index is 15.1. The molecule has 8 N–H and O–H groups in total. The Balaban J connectivity index is 1.56. The second-order valence-corrected chi connectivity index (χ2v) is 23.7.